The summed E-state index contributed by atoms with van der Waals surface area (Å²) in [6, 6.07) is 9.02. The van der Waals surface area contributed by atoms with Crippen LogP contribution in [0.1, 0.15) is 44.1 Å². The van der Waals surface area contributed by atoms with Crippen molar-refractivity contribution in [3.05, 3.63) is 34.6 Å². The molecule has 1 aliphatic carbocycles. The van der Waals surface area contributed by atoms with Crippen LogP contribution in [0.3, 0.4) is 0 Å². The normalized spacial score (nSPS) is 23.2. The first kappa shape index (κ1) is 18.1. The van der Waals surface area contributed by atoms with Gasteiger partial charge in [0.2, 0.25) is 4.77 Å². The number of fused-ring (bicyclic) bond motifs is 4. The van der Waals surface area contributed by atoms with Crippen LogP contribution in [0.15, 0.2) is 24.3 Å². The van der Waals surface area contributed by atoms with E-state index in [1.54, 1.807) is 7.11 Å². The molecule has 2 aliphatic rings. The van der Waals surface area contributed by atoms with E-state index >= 15 is 0 Å². The lowest BCUT2D eigenvalue weighted by molar-refractivity contribution is 0.0325. The summed E-state index contributed by atoms with van der Waals surface area (Å²) in [7, 11) is 1.70. The van der Waals surface area contributed by atoms with Gasteiger partial charge in [-0.25, -0.2) is 4.68 Å². The van der Waals surface area contributed by atoms with Gasteiger partial charge in [-0.15, -0.1) is 0 Å². The summed E-state index contributed by atoms with van der Waals surface area (Å²) in [6.45, 7) is 4.09. The molecule has 2 aromatic heterocycles. The standard InChI is InChI=1S/C22H28N4OS/c1-15-12-21-23-25(14-24-11-5-7-16-6-3-4-8-19(16)24)22(28)26(21)20-13-17(27-2)9-10-18(15)20/h9-10,12-13,16,19H,3-8,11,14H2,1-2H3/t16-,19+/m1/s1. The minimum Gasteiger partial charge on any atom is -0.497 e. The Morgan fingerprint density at radius 1 is 1.14 bits per heavy atom. The van der Waals surface area contributed by atoms with Crippen molar-refractivity contribution in [1.82, 2.24) is 19.1 Å². The largest absolute Gasteiger partial charge is 0.497 e. The van der Waals surface area contributed by atoms with Crippen LogP contribution in [0, 0.1) is 17.6 Å². The molecule has 1 saturated heterocycles. The van der Waals surface area contributed by atoms with E-state index in [1.165, 1.54) is 49.5 Å². The van der Waals surface area contributed by atoms with Crippen molar-refractivity contribution in [3.63, 3.8) is 0 Å². The molecule has 3 heterocycles. The van der Waals surface area contributed by atoms with Gasteiger partial charge in [-0.1, -0.05) is 12.8 Å². The van der Waals surface area contributed by atoms with E-state index in [9.17, 15) is 0 Å². The maximum Gasteiger partial charge on any atom is 0.204 e. The molecule has 5 rings (SSSR count). The van der Waals surface area contributed by atoms with E-state index in [1.807, 2.05) is 10.7 Å². The lowest BCUT2D eigenvalue weighted by Crippen LogP contribution is -2.47. The van der Waals surface area contributed by atoms with Crippen molar-refractivity contribution >= 4 is 28.8 Å². The quantitative estimate of drug-likeness (QED) is 0.587. The van der Waals surface area contributed by atoms with Gasteiger partial charge >= 0.3 is 0 Å². The van der Waals surface area contributed by atoms with Crippen LogP contribution in [0.5, 0.6) is 5.75 Å². The molecule has 148 valence electrons. The van der Waals surface area contributed by atoms with Crippen molar-refractivity contribution in [2.75, 3.05) is 13.7 Å². The maximum absolute atomic E-state index is 5.89. The molecule has 0 unspecified atom stereocenters. The highest BCUT2D eigenvalue weighted by Crippen LogP contribution is 2.35. The summed E-state index contributed by atoms with van der Waals surface area (Å²) >= 11 is 5.89. The number of aryl methyl sites for hydroxylation is 1. The van der Waals surface area contributed by atoms with E-state index in [0.717, 1.165) is 40.8 Å². The number of benzene rings is 1. The second-order valence-corrected chi connectivity index (χ2v) is 8.76. The van der Waals surface area contributed by atoms with Crippen LogP contribution < -0.4 is 4.74 Å². The topological polar surface area (TPSA) is 34.7 Å². The average Bonchev–Trinajstić information content (AvgIpc) is 3.03. The summed E-state index contributed by atoms with van der Waals surface area (Å²) in [5.41, 5.74) is 3.20. The molecule has 0 amide bonds. The zero-order valence-electron chi connectivity index (χ0n) is 16.7. The van der Waals surface area contributed by atoms with Crippen molar-refractivity contribution in [1.29, 1.82) is 0 Å². The first-order valence-electron chi connectivity index (χ1n) is 10.5. The zero-order chi connectivity index (χ0) is 19.3. The van der Waals surface area contributed by atoms with Crippen molar-refractivity contribution in [2.24, 2.45) is 5.92 Å². The summed E-state index contributed by atoms with van der Waals surface area (Å²) in [5.74, 6) is 1.70. The third-order valence-electron chi connectivity index (χ3n) is 6.75. The summed E-state index contributed by atoms with van der Waals surface area (Å²) in [4.78, 5) is 2.63. The summed E-state index contributed by atoms with van der Waals surface area (Å²) in [5, 5.41) is 6.09. The van der Waals surface area contributed by atoms with E-state index in [2.05, 4.69) is 34.4 Å². The smallest absolute Gasteiger partial charge is 0.204 e. The fourth-order valence-electron chi connectivity index (χ4n) is 5.34. The molecule has 2 atom stereocenters. The SMILES string of the molecule is COc1ccc2c(C)cc3nn(CN4CCC[C@H]5CCCC[C@@H]54)c(=S)n3c2c1. The van der Waals surface area contributed by atoms with Gasteiger partial charge in [0.15, 0.2) is 5.65 Å². The van der Waals surface area contributed by atoms with E-state index in [0.29, 0.717) is 6.04 Å². The van der Waals surface area contributed by atoms with Crippen LogP contribution in [-0.4, -0.2) is 38.8 Å². The summed E-state index contributed by atoms with van der Waals surface area (Å²) in [6.07, 6.45) is 8.15. The molecular formula is C22H28N4OS. The second kappa shape index (κ2) is 7.16. The Hall–Kier alpha value is -1.92. The molecule has 0 N–H and O–H groups in total. The number of hydrogen-bond donors (Lipinski definition) is 0. The fraction of sp³-hybridized carbons (Fsp3) is 0.545. The molecule has 1 aromatic carbocycles. The molecule has 3 aromatic rings. The number of ether oxygens (including phenoxy) is 1. The molecule has 28 heavy (non-hydrogen) atoms. The highest BCUT2D eigenvalue weighted by molar-refractivity contribution is 7.71. The van der Waals surface area contributed by atoms with Crippen LogP contribution in [0.4, 0.5) is 0 Å². The van der Waals surface area contributed by atoms with Crippen molar-refractivity contribution in [2.45, 2.75) is 58.2 Å². The highest BCUT2D eigenvalue weighted by Gasteiger charge is 2.33. The number of pyridine rings is 1. The molecule has 6 heteroatoms. The Morgan fingerprint density at radius 3 is 2.82 bits per heavy atom. The third kappa shape index (κ3) is 2.94. The Balaban J connectivity index is 1.58. The molecule has 1 aliphatic heterocycles. The number of likely N-dealkylation sites (tertiary alicyclic amines) is 1. The lowest BCUT2D eigenvalue weighted by Gasteiger charge is -2.43. The predicted octanol–water partition coefficient (Wildman–Crippen LogP) is 4.95. The molecular weight excluding hydrogens is 368 g/mol. The van der Waals surface area contributed by atoms with Crippen LogP contribution in [0.2, 0.25) is 0 Å². The van der Waals surface area contributed by atoms with E-state index in [-0.39, 0.29) is 0 Å². The highest BCUT2D eigenvalue weighted by atomic mass is 32.1. The van der Waals surface area contributed by atoms with Crippen LogP contribution >= 0.6 is 12.2 Å². The van der Waals surface area contributed by atoms with Gasteiger partial charge in [0, 0.05) is 24.0 Å². The number of aromatic nitrogens is 3. The van der Waals surface area contributed by atoms with Crippen LogP contribution in [0.25, 0.3) is 16.6 Å². The molecule has 2 fully saturated rings. The van der Waals surface area contributed by atoms with Gasteiger partial charge in [0.1, 0.15) is 5.75 Å². The van der Waals surface area contributed by atoms with Crippen molar-refractivity contribution in [3.8, 4) is 5.75 Å². The maximum atomic E-state index is 5.89. The third-order valence-corrected chi connectivity index (χ3v) is 7.15. The first-order valence-corrected chi connectivity index (χ1v) is 10.9. The van der Waals surface area contributed by atoms with E-state index < -0.39 is 0 Å². The average molecular weight is 397 g/mol. The van der Waals surface area contributed by atoms with E-state index in [4.69, 9.17) is 22.1 Å². The Labute approximate surface area is 170 Å². The molecule has 0 radical (unpaired) electrons. The molecule has 0 bridgehead atoms. The number of nitrogens with zero attached hydrogens (tertiary/aromatic N) is 4. The van der Waals surface area contributed by atoms with Gasteiger partial charge in [0.05, 0.1) is 19.3 Å². The Bertz CT molecular complexity index is 1080. The molecule has 5 nitrogen and oxygen atoms in total. The van der Waals surface area contributed by atoms with Gasteiger partial charge < -0.3 is 4.74 Å². The number of hydrogen-bond acceptors (Lipinski definition) is 4. The van der Waals surface area contributed by atoms with Gasteiger partial charge in [0.25, 0.3) is 0 Å². The zero-order valence-corrected chi connectivity index (χ0v) is 17.5. The Kier molecular flexibility index (Phi) is 4.63. The summed E-state index contributed by atoms with van der Waals surface area (Å²) < 4.78 is 10.4. The lowest BCUT2D eigenvalue weighted by atomic mass is 9.78. The molecule has 0 spiro atoms. The number of methoxy groups -OCH3 is 1. The number of rotatable bonds is 3. The minimum absolute atomic E-state index is 0.702. The molecule has 1 saturated carbocycles. The van der Waals surface area contributed by atoms with Crippen LogP contribution in [-0.2, 0) is 6.67 Å². The monoisotopic (exact) mass is 396 g/mol. The first-order chi connectivity index (χ1) is 13.7. The number of piperidine rings is 1. The van der Waals surface area contributed by atoms with Gasteiger partial charge in [-0.2, -0.15) is 5.10 Å². The Morgan fingerprint density at radius 2 is 1.96 bits per heavy atom. The predicted molar refractivity (Wildman–Crippen MR) is 114 cm³/mol. The fourth-order valence-corrected chi connectivity index (χ4v) is 5.63. The minimum atomic E-state index is 0.702. The van der Waals surface area contributed by atoms with Gasteiger partial charge in [-0.3, -0.25) is 9.30 Å². The van der Waals surface area contributed by atoms with Gasteiger partial charge in [-0.05, 0) is 74.5 Å². The second-order valence-electron chi connectivity index (χ2n) is 8.39. The van der Waals surface area contributed by atoms with Crippen molar-refractivity contribution < 1.29 is 4.74 Å².